The molecule has 1 rings (SSSR count). The Labute approximate surface area is 105 Å². The molecule has 0 unspecified atom stereocenters. The summed E-state index contributed by atoms with van der Waals surface area (Å²) in [7, 11) is 0. The minimum Gasteiger partial charge on any atom is -0.394 e. The molecule has 0 aromatic carbocycles. The summed E-state index contributed by atoms with van der Waals surface area (Å²) in [5, 5.41) is 21.3. The van der Waals surface area contributed by atoms with Crippen LogP contribution in [-0.2, 0) is 6.54 Å². The van der Waals surface area contributed by atoms with Gasteiger partial charge in [0.1, 0.15) is 5.69 Å². The lowest BCUT2D eigenvalue weighted by Crippen LogP contribution is -2.52. The van der Waals surface area contributed by atoms with E-state index in [9.17, 15) is 4.79 Å². The van der Waals surface area contributed by atoms with Crippen LogP contribution in [-0.4, -0.2) is 39.4 Å². The number of nitrogens with one attached hydrogen (secondary N) is 1. The average Bonchev–Trinajstić information content (AvgIpc) is 2.70. The lowest BCUT2D eigenvalue weighted by Gasteiger charge is -2.26. The Morgan fingerprint density at radius 2 is 2.12 bits per heavy atom. The van der Waals surface area contributed by atoms with Crippen LogP contribution in [0.15, 0.2) is 12.3 Å². The van der Waals surface area contributed by atoms with E-state index >= 15 is 0 Å². The first-order valence-electron chi connectivity index (χ1n) is 5.35. The number of carbonyl (C=O) groups is 1. The number of amides is 1. The quantitative estimate of drug-likeness (QED) is 0.727. The van der Waals surface area contributed by atoms with Crippen molar-refractivity contribution in [1.29, 1.82) is 0 Å². The van der Waals surface area contributed by atoms with Crippen molar-refractivity contribution in [2.45, 2.75) is 25.9 Å². The van der Waals surface area contributed by atoms with Gasteiger partial charge in [-0.15, -0.1) is 0 Å². The number of hydrogen-bond donors (Lipinski definition) is 3. The Kier molecular flexibility index (Phi) is 4.56. The summed E-state index contributed by atoms with van der Waals surface area (Å²) in [6.07, 6.45) is 1.66. The first-order chi connectivity index (χ1) is 7.95. The summed E-state index contributed by atoms with van der Waals surface area (Å²) in [6, 6.07) is 1.55. The zero-order valence-corrected chi connectivity index (χ0v) is 10.7. The predicted molar refractivity (Wildman–Crippen MR) is 65.2 cm³/mol. The van der Waals surface area contributed by atoms with Gasteiger partial charge in [-0.2, -0.15) is 0 Å². The maximum absolute atomic E-state index is 12.0. The third-order valence-corrected chi connectivity index (χ3v) is 2.76. The van der Waals surface area contributed by atoms with E-state index in [-0.39, 0.29) is 19.1 Å². The normalized spacial score (nSPS) is 11.6. The topological polar surface area (TPSA) is 74.5 Å². The summed E-state index contributed by atoms with van der Waals surface area (Å²) < 4.78 is 1.70. The fourth-order valence-corrected chi connectivity index (χ4v) is 1.62. The van der Waals surface area contributed by atoms with Crippen LogP contribution < -0.4 is 5.32 Å². The van der Waals surface area contributed by atoms with Crippen LogP contribution in [0.5, 0.6) is 0 Å². The van der Waals surface area contributed by atoms with Crippen molar-refractivity contribution in [3.63, 3.8) is 0 Å². The summed E-state index contributed by atoms with van der Waals surface area (Å²) in [5.74, 6) is -0.371. The molecule has 0 fully saturated rings. The Bertz CT molecular complexity index is 399. The molecule has 0 bridgehead atoms. The van der Waals surface area contributed by atoms with Crippen molar-refractivity contribution >= 4 is 17.5 Å². The number of hydrogen-bond acceptors (Lipinski definition) is 3. The largest absolute Gasteiger partial charge is 0.394 e. The van der Waals surface area contributed by atoms with E-state index in [1.807, 2.05) is 6.92 Å². The highest BCUT2D eigenvalue weighted by atomic mass is 35.5. The monoisotopic (exact) mass is 260 g/mol. The first kappa shape index (κ1) is 14.0. The fourth-order valence-electron chi connectivity index (χ4n) is 1.39. The molecule has 1 aromatic rings. The van der Waals surface area contributed by atoms with Gasteiger partial charge >= 0.3 is 0 Å². The van der Waals surface area contributed by atoms with Crippen molar-refractivity contribution in [3.8, 4) is 0 Å². The molecule has 0 radical (unpaired) electrons. The van der Waals surface area contributed by atoms with E-state index in [0.717, 1.165) is 0 Å². The van der Waals surface area contributed by atoms with Gasteiger partial charge in [-0.25, -0.2) is 0 Å². The molecule has 0 aliphatic heterocycles. The van der Waals surface area contributed by atoms with Gasteiger partial charge in [0.15, 0.2) is 0 Å². The highest BCUT2D eigenvalue weighted by Crippen LogP contribution is 2.15. The Morgan fingerprint density at radius 3 is 2.59 bits per heavy atom. The summed E-state index contributed by atoms with van der Waals surface area (Å²) >= 11 is 5.83. The van der Waals surface area contributed by atoms with Gasteiger partial charge in [0.05, 0.1) is 23.8 Å². The molecule has 0 aliphatic carbocycles. The molecule has 1 amide bonds. The number of aliphatic hydroxyl groups excluding tert-OH is 2. The van der Waals surface area contributed by atoms with Gasteiger partial charge in [0.25, 0.3) is 5.91 Å². The van der Waals surface area contributed by atoms with Gasteiger partial charge < -0.3 is 20.1 Å². The Morgan fingerprint density at radius 1 is 1.53 bits per heavy atom. The second kappa shape index (κ2) is 5.53. The van der Waals surface area contributed by atoms with Crippen LogP contribution in [0.2, 0.25) is 5.02 Å². The van der Waals surface area contributed by atoms with Crippen molar-refractivity contribution in [3.05, 3.63) is 23.0 Å². The SMILES string of the molecule is CCn1cc(Cl)cc1C(=O)NC(C)(CO)CO. The van der Waals surface area contributed by atoms with Gasteiger partial charge in [-0.1, -0.05) is 11.6 Å². The second-order valence-electron chi connectivity index (χ2n) is 4.16. The van der Waals surface area contributed by atoms with Crippen molar-refractivity contribution in [2.75, 3.05) is 13.2 Å². The zero-order chi connectivity index (χ0) is 13.1. The van der Waals surface area contributed by atoms with E-state index in [4.69, 9.17) is 21.8 Å². The van der Waals surface area contributed by atoms with E-state index < -0.39 is 5.54 Å². The van der Waals surface area contributed by atoms with E-state index in [0.29, 0.717) is 17.3 Å². The molecule has 6 heteroatoms. The van der Waals surface area contributed by atoms with Crippen LogP contribution in [0.4, 0.5) is 0 Å². The molecule has 1 aromatic heterocycles. The number of aromatic nitrogens is 1. The van der Waals surface area contributed by atoms with Crippen LogP contribution in [0.3, 0.4) is 0 Å². The third kappa shape index (κ3) is 3.21. The predicted octanol–water partition coefficient (Wildman–Crippen LogP) is 0.634. The highest BCUT2D eigenvalue weighted by Gasteiger charge is 2.26. The van der Waals surface area contributed by atoms with Crippen molar-refractivity contribution in [1.82, 2.24) is 9.88 Å². The van der Waals surface area contributed by atoms with Crippen molar-refractivity contribution in [2.24, 2.45) is 0 Å². The molecule has 0 spiro atoms. The van der Waals surface area contributed by atoms with Gasteiger partial charge in [-0.05, 0) is 19.9 Å². The Balaban J connectivity index is 2.89. The van der Waals surface area contributed by atoms with Crippen LogP contribution >= 0.6 is 11.6 Å². The number of aryl methyl sites for hydroxylation is 1. The van der Waals surface area contributed by atoms with Gasteiger partial charge in [-0.3, -0.25) is 4.79 Å². The summed E-state index contributed by atoms with van der Waals surface area (Å²) in [4.78, 5) is 12.0. The van der Waals surface area contributed by atoms with Gasteiger partial charge in [0, 0.05) is 12.7 Å². The number of halogens is 1. The molecule has 0 saturated heterocycles. The third-order valence-electron chi connectivity index (χ3n) is 2.55. The fraction of sp³-hybridized carbons (Fsp3) is 0.545. The number of nitrogens with zero attached hydrogens (tertiary/aromatic N) is 1. The molecular weight excluding hydrogens is 244 g/mol. The lowest BCUT2D eigenvalue weighted by atomic mass is 10.1. The molecule has 3 N–H and O–H groups in total. The van der Waals surface area contributed by atoms with Crippen LogP contribution in [0.25, 0.3) is 0 Å². The number of rotatable bonds is 5. The molecular formula is C11H17ClN2O3. The van der Waals surface area contributed by atoms with E-state index in [2.05, 4.69) is 5.32 Å². The van der Waals surface area contributed by atoms with Crippen LogP contribution in [0, 0.1) is 0 Å². The maximum atomic E-state index is 12.0. The highest BCUT2D eigenvalue weighted by molar-refractivity contribution is 6.31. The van der Waals surface area contributed by atoms with Gasteiger partial charge in [0.2, 0.25) is 0 Å². The maximum Gasteiger partial charge on any atom is 0.268 e. The molecule has 5 nitrogen and oxygen atoms in total. The zero-order valence-electron chi connectivity index (χ0n) is 9.90. The van der Waals surface area contributed by atoms with E-state index in [1.165, 1.54) is 0 Å². The smallest absolute Gasteiger partial charge is 0.268 e. The molecule has 0 aliphatic rings. The molecule has 1 heterocycles. The molecule has 0 saturated carbocycles. The van der Waals surface area contributed by atoms with E-state index in [1.54, 1.807) is 23.8 Å². The standard InChI is InChI=1S/C11H17ClN2O3/c1-3-14-5-8(12)4-9(14)10(17)13-11(2,6-15)7-16/h4-5,15-16H,3,6-7H2,1-2H3,(H,13,17). The number of aliphatic hydroxyl groups is 2. The summed E-state index contributed by atoms with van der Waals surface area (Å²) in [6.45, 7) is 3.40. The molecule has 0 atom stereocenters. The van der Waals surface area contributed by atoms with Crippen molar-refractivity contribution < 1.29 is 15.0 Å². The minimum absolute atomic E-state index is 0.337. The minimum atomic E-state index is -1.04. The average molecular weight is 261 g/mol. The summed E-state index contributed by atoms with van der Waals surface area (Å²) in [5.41, 5.74) is -0.627. The lowest BCUT2D eigenvalue weighted by molar-refractivity contribution is 0.0716. The second-order valence-corrected chi connectivity index (χ2v) is 4.60. The number of carbonyl (C=O) groups excluding carboxylic acids is 1. The van der Waals surface area contributed by atoms with Crippen LogP contribution in [0.1, 0.15) is 24.3 Å². The molecule has 17 heavy (non-hydrogen) atoms. The molecule has 96 valence electrons. The first-order valence-corrected chi connectivity index (χ1v) is 5.73. The Hall–Kier alpha value is -1.04.